The summed E-state index contributed by atoms with van der Waals surface area (Å²) in [6.45, 7) is 5.32. The number of aliphatic carboxylic acids is 1. The van der Waals surface area contributed by atoms with Gasteiger partial charge in [0, 0.05) is 13.2 Å². The molecular formula is C18H23NO8. The normalized spacial score (nSPS) is 30.1. The van der Waals surface area contributed by atoms with Gasteiger partial charge in [0.05, 0.1) is 12.0 Å². The number of carboxylic acids is 1. The monoisotopic (exact) mass is 381 g/mol. The molecule has 3 rings (SSSR count). The number of β-lactam (4-membered cyclic amide) rings is 1. The molecule has 0 aromatic heterocycles. The minimum Gasteiger partial charge on any atom is -0.477 e. The van der Waals surface area contributed by atoms with E-state index < -0.39 is 42.2 Å². The second kappa shape index (κ2) is 7.69. The number of aliphatic hydroxyl groups excluding tert-OH is 1. The number of hydrogen-bond acceptors (Lipinski definition) is 7. The molecule has 9 heteroatoms. The summed E-state index contributed by atoms with van der Waals surface area (Å²) in [5.74, 6) is -2.50. The number of fused-ring (bicyclic) bond motifs is 3. The van der Waals surface area contributed by atoms with Crippen molar-refractivity contribution in [3.8, 4) is 0 Å². The summed E-state index contributed by atoms with van der Waals surface area (Å²) in [4.78, 5) is 37.4. The van der Waals surface area contributed by atoms with Gasteiger partial charge in [-0.1, -0.05) is 12.7 Å². The zero-order valence-corrected chi connectivity index (χ0v) is 15.0. The molecule has 3 aliphatic rings. The van der Waals surface area contributed by atoms with E-state index in [0.29, 0.717) is 25.0 Å². The van der Waals surface area contributed by atoms with Crippen molar-refractivity contribution in [2.24, 2.45) is 11.8 Å². The summed E-state index contributed by atoms with van der Waals surface area (Å²) >= 11 is 0. The minimum atomic E-state index is -1.20. The largest absolute Gasteiger partial charge is 0.508 e. The quantitative estimate of drug-likeness (QED) is 0.375. The van der Waals surface area contributed by atoms with Crippen LogP contribution < -0.4 is 0 Å². The topological polar surface area (TPSA) is 123 Å². The van der Waals surface area contributed by atoms with Crippen LogP contribution in [0.25, 0.3) is 0 Å². The summed E-state index contributed by atoms with van der Waals surface area (Å²) in [7, 11) is 0. The van der Waals surface area contributed by atoms with Gasteiger partial charge in [-0.3, -0.25) is 9.69 Å². The molecule has 0 radical (unpaired) electrons. The highest BCUT2D eigenvalue weighted by Gasteiger charge is 2.64. The molecule has 2 saturated heterocycles. The molecule has 3 aliphatic heterocycles. The Morgan fingerprint density at radius 2 is 2.22 bits per heavy atom. The van der Waals surface area contributed by atoms with Crippen molar-refractivity contribution in [3.63, 3.8) is 0 Å². The summed E-state index contributed by atoms with van der Waals surface area (Å²) in [5, 5.41) is 19.0. The van der Waals surface area contributed by atoms with E-state index in [0.717, 1.165) is 0 Å². The highest BCUT2D eigenvalue weighted by Crippen LogP contribution is 2.50. The number of carbonyl (C=O) groups excluding carboxylic acids is 2. The van der Waals surface area contributed by atoms with Gasteiger partial charge in [0.25, 0.3) is 0 Å². The maximum atomic E-state index is 12.7. The second-order valence-corrected chi connectivity index (χ2v) is 6.80. The van der Waals surface area contributed by atoms with E-state index in [1.807, 2.05) is 0 Å². The molecule has 5 atom stereocenters. The first-order chi connectivity index (χ1) is 12.9. The van der Waals surface area contributed by atoms with Crippen LogP contribution in [0.1, 0.15) is 19.8 Å². The zero-order chi connectivity index (χ0) is 19.7. The standard InChI is InChI=1S/C18H23NO8/c1-3-7-26-18(24)27-9(2)11-13-15-12(10(4-6-20)5-8-25-15)14(17(22)23)19(13)16(11)21/h3,9-11,13,15,20H,1,4-8H2,2H3,(H,22,23)/t9-,10-,11-,13+,15+/m1/s1. The molecule has 0 aliphatic carbocycles. The average molecular weight is 381 g/mol. The molecule has 0 bridgehead atoms. The van der Waals surface area contributed by atoms with E-state index in [-0.39, 0.29) is 24.8 Å². The van der Waals surface area contributed by atoms with Crippen LogP contribution in [0, 0.1) is 11.8 Å². The van der Waals surface area contributed by atoms with E-state index in [1.165, 1.54) is 11.0 Å². The highest BCUT2D eigenvalue weighted by molar-refractivity contribution is 6.00. The van der Waals surface area contributed by atoms with Crippen LogP contribution >= 0.6 is 0 Å². The van der Waals surface area contributed by atoms with E-state index >= 15 is 0 Å². The molecule has 3 heterocycles. The van der Waals surface area contributed by atoms with E-state index in [4.69, 9.17) is 14.2 Å². The number of amides is 1. The fraction of sp³-hybridized carbons (Fsp3) is 0.611. The van der Waals surface area contributed by atoms with Crippen molar-refractivity contribution in [2.45, 2.75) is 38.0 Å². The lowest BCUT2D eigenvalue weighted by Gasteiger charge is -2.47. The first-order valence-corrected chi connectivity index (χ1v) is 8.89. The van der Waals surface area contributed by atoms with Gasteiger partial charge >= 0.3 is 12.1 Å². The van der Waals surface area contributed by atoms with Gasteiger partial charge in [0.1, 0.15) is 24.5 Å². The third-order valence-electron chi connectivity index (χ3n) is 5.31. The molecule has 9 nitrogen and oxygen atoms in total. The molecule has 0 aromatic rings. The Bertz CT molecular complexity index is 685. The van der Waals surface area contributed by atoms with Gasteiger partial charge in [-0.2, -0.15) is 0 Å². The van der Waals surface area contributed by atoms with E-state index in [9.17, 15) is 24.6 Å². The van der Waals surface area contributed by atoms with E-state index in [2.05, 4.69) is 6.58 Å². The zero-order valence-electron chi connectivity index (χ0n) is 15.0. The highest BCUT2D eigenvalue weighted by atomic mass is 16.7. The fourth-order valence-corrected chi connectivity index (χ4v) is 4.23. The van der Waals surface area contributed by atoms with Gasteiger partial charge in [0.2, 0.25) is 5.91 Å². The molecule has 0 aromatic carbocycles. The summed E-state index contributed by atoms with van der Waals surface area (Å²) in [6, 6.07) is -0.540. The first-order valence-electron chi connectivity index (χ1n) is 8.89. The third-order valence-corrected chi connectivity index (χ3v) is 5.31. The third kappa shape index (κ3) is 3.21. The van der Waals surface area contributed by atoms with Crippen molar-refractivity contribution in [3.05, 3.63) is 23.9 Å². The number of rotatable bonds is 7. The lowest BCUT2D eigenvalue weighted by Crippen LogP contribution is -2.66. The Hall–Kier alpha value is -2.39. The predicted octanol–water partition coefficient (Wildman–Crippen LogP) is 0.681. The van der Waals surface area contributed by atoms with Gasteiger partial charge in [-0.15, -0.1) is 0 Å². The molecule has 2 fully saturated rings. The van der Waals surface area contributed by atoms with Gasteiger partial charge < -0.3 is 24.4 Å². The summed E-state index contributed by atoms with van der Waals surface area (Å²) < 4.78 is 15.8. The van der Waals surface area contributed by atoms with Crippen LogP contribution in [0.3, 0.4) is 0 Å². The van der Waals surface area contributed by atoms with Crippen molar-refractivity contribution in [1.82, 2.24) is 4.90 Å². The SMILES string of the molecule is C=CCOC(=O)O[C@H](C)[C@H]1C(=O)N2C(C(=O)O)=C3[C@H](CCO)CCO[C@@H]3[C@H]12. The molecule has 0 saturated carbocycles. The second-order valence-electron chi connectivity index (χ2n) is 6.80. The van der Waals surface area contributed by atoms with Crippen molar-refractivity contribution < 1.29 is 38.8 Å². The average Bonchev–Trinajstić information content (AvgIpc) is 2.92. The van der Waals surface area contributed by atoms with Crippen LogP contribution in [0.4, 0.5) is 4.79 Å². The number of aliphatic hydroxyl groups is 1. The number of ether oxygens (including phenoxy) is 3. The molecule has 1 amide bonds. The number of hydrogen-bond donors (Lipinski definition) is 2. The Kier molecular flexibility index (Phi) is 5.52. The first kappa shape index (κ1) is 19.4. The van der Waals surface area contributed by atoms with Crippen molar-refractivity contribution in [1.29, 1.82) is 0 Å². The maximum Gasteiger partial charge on any atom is 0.508 e. The van der Waals surface area contributed by atoms with Gasteiger partial charge in [-0.25, -0.2) is 9.59 Å². The minimum absolute atomic E-state index is 0.0108. The predicted molar refractivity (Wildman–Crippen MR) is 90.4 cm³/mol. The van der Waals surface area contributed by atoms with Crippen molar-refractivity contribution >= 4 is 18.0 Å². The molecule has 0 spiro atoms. The number of nitrogens with zero attached hydrogens (tertiary/aromatic N) is 1. The van der Waals surface area contributed by atoms with Gasteiger partial charge in [0.15, 0.2) is 0 Å². The maximum absolute atomic E-state index is 12.7. The molecular weight excluding hydrogens is 358 g/mol. The Balaban J connectivity index is 1.82. The smallest absolute Gasteiger partial charge is 0.477 e. The van der Waals surface area contributed by atoms with Crippen molar-refractivity contribution in [2.75, 3.05) is 19.8 Å². The number of carboxylic acid groups (broad SMARTS) is 1. The van der Waals surface area contributed by atoms with Crippen LogP contribution in [-0.2, 0) is 23.8 Å². The Labute approximate surface area is 156 Å². The summed E-state index contributed by atoms with van der Waals surface area (Å²) in [6.07, 6.45) is 0.104. The van der Waals surface area contributed by atoms with Crippen LogP contribution in [0.5, 0.6) is 0 Å². The Morgan fingerprint density at radius 1 is 1.48 bits per heavy atom. The molecule has 27 heavy (non-hydrogen) atoms. The van der Waals surface area contributed by atoms with Crippen LogP contribution in [0.15, 0.2) is 23.9 Å². The van der Waals surface area contributed by atoms with E-state index in [1.54, 1.807) is 6.92 Å². The molecule has 0 unspecified atom stereocenters. The Morgan fingerprint density at radius 3 is 2.85 bits per heavy atom. The van der Waals surface area contributed by atoms with Gasteiger partial charge in [-0.05, 0) is 31.3 Å². The molecule has 2 N–H and O–H groups in total. The fourth-order valence-electron chi connectivity index (χ4n) is 4.23. The number of carbonyl (C=O) groups is 3. The summed E-state index contributed by atoms with van der Waals surface area (Å²) in [5.41, 5.74) is 0.482. The lowest BCUT2D eigenvalue weighted by molar-refractivity contribution is -0.169. The molecule has 148 valence electrons. The lowest BCUT2D eigenvalue weighted by atomic mass is 9.78. The van der Waals surface area contributed by atoms with Crippen LogP contribution in [-0.4, -0.2) is 71.2 Å². The van der Waals surface area contributed by atoms with Crippen LogP contribution in [0.2, 0.25) is 0 Å².